The number of thioether (sulfide) groups is 1. The molecule has 0 bridgehead atoms. The van der Waals surface area contributed by atoms with Crippen molar-refractivity contribution in [2.24, 2.45) is 0 Å². The maximum absolute atomic E-state index is 13.3. The fourth-order valence-corrected chi connectivity index (χ4v) is 1.76. The highest BCUT2D eigenvalue weighted by Crippen LogP contribution is 2.24. The number of benzene rings is 1. The van der Waals surface area contributed by atoms with Crippen LogP contribution in [0.5, 0.6) is 5.75 Å². The minimum absolute atomic E-state index is 0.172. The first kappa shape index (κ1) is 15.3. The molecular formula is C14H22FNOS. The molecule has 1 N–H and O–H groups in total. The van der Waals surface area contributed by atoms with E-state index in [2.05, 4.69) is 32.3 Å². The fourth-order valence-electron chi connectivity index (χ4n) is 1.53. The van der Waals surface area contributed by atoms with Crippen LogP contribution in [-0.4, -0.2) is 24.7 Å². The lowest BCUT2D eigenvalue weighted by Gasteiger charge is -2.25. The van der Waals surface area contributed by atoms with E-state index in [0.29, 0.717) is 5.75 Å². The van der Waals surface area contributed by atoms with E-state index < -0.39 is 0 Å². The number of methoxy groups -OCH3 is 1. The predicted molar refractivity (Wildman–Crippen MR) is 77.0 cm³/mol. The van der Waals surface area contributed by atoms with E-state index in [1.807, 2.05) is 11.8 Å². The Morgan fingerprint density at radius 1 is 1.44 bits per heavy atom. The topological polar surface area (TPSA) is 21.3 Å². The van der Waals surface area contributed by atoms with Gasteiger partial charge >= 0.3 is 0 Å². The van der Waals surface area contributed by atoms with Crippen LogP contribution in [0.25, 0.3) is 0 Å². The molecule has 102 valence electrons. The molecule has 0 aliphatic rings. The van der Waals surface area contributed by atoms with Crippen molar-refractivity contribution in [1.82, 2.24) is 5.32 Å². The van der Waals surface area contributed by atoms with E-state index in [4.69, 9.17) is 4.74 Å². The van der Waals surface area contributed by atoms with E-state index in [0.717, 1.165) is 12.1 Å². The molecular weight excluding hydrogens is 249 g/mol. The van der Waals surface area contributed by atoms with Crippen LogP contribution in [0.4, 0.5) is 4.39 Å². The van der Waals surface area contributed by atoms with Crippen LogP contribution in [0.2, 0.25) is 0 Å². The van der Waals surface area contributed by atoms with Crippen LogP contribution in [0.3, 0.4) is 0 Å². The van der Waals surface area contributed by atoms with Gasteiger partial charge in [-0.2, -0.15) is 11.8 Å². The van der Waals surface area contributed by atoms with Gasteiger partial charge in [0.1, 0.15) is 0 Å². The average Bonchev–Trinajstić information content (AvgIpc) is 2.36. The second-order valence-electron chi connectivity index (χ2n) is 4.96. The second kappa shape index (κ2) is 6.43. The molecule has 1 aromatic rings. The summed E-state index contributed by atoms with van der Waals surface area (Å²) >= 11 is 1.83. The third-order valence-corrected chi connectivity index (χ3v) is 4.31. The highest BCUT2D eigenvalue weighted by Gasteiger charge is 2.17. The van der Waals surface area contributed by atoms with Crippen LogP contribution in [0, 0.1) is 5.82 Å². The van der Waals surface area contributed by atoms with Gasteiger partial charge in [-0.25, -0.2) is 4.39 Å². The molecule has 0 fully saturated rings. The Bertz CT molecular complexity index is 395. The molecule has 2 nitrogen and oxygen atoms in total. The fraction of sp³-hybridized carbons (Fsp3) is 0.571. The number of hydrogen-bond donors (Lipinski definition) is 1. The summed E-state index contributed by atoms with van der Waals surface area (Å²) in [7, 11) is 1.48. The smallest absolute Gasteiger partial charge is 0.165 e. The van der Waals surface area contributed by atoms with Crippen molar-refractivity contribution in [3.63, 3.8) is 0 Å². The highest BCUT2D eigenvalue weighted by atomic mass is 32.2. The second-order valence-corrected chi connectivity index (χ2v) is 6.47. The van der Waals surface area contributed by atoms with Crippen LogP contribution in [0.15, 0.2) is 18.2 Å². The molecule has 0 radical (unpaired) electrons. The molecule has 1 unspecified atom stereocenters. The third-order valence-electron chi connectivity index (χ3n) is 3.06. The quantitative estimate of drug-likeness (QED) is 0.853. The van der Waals surface area contributed by atoms with Gasteiger partial charge in [0.2, 0.25) is 0 Å². The molecule has 0 aliphatic carbocycles. The Hall–Kier alpha value is -0.740. The zero-order chi connectivity index (χ0) is 13.8. The lowest BCUT2D eigenvalue weighted by atomic mass is 10.1. The first-order valence-corrected chi connectivity index (χ1v) is 7.24. The first-order chi connectivity index (χ1) is 8.39. The molecule has 1 rings (SSSR count). The molecule has 0 spiro atoms. The van der Waals surface area contributed by atoms with Gasteiger partial charge < -0.3 is 10.1 Å². The normalized spacial score (nSPS) is 13.4. The third kappa shape index (κ3) is 4.18. The molecule has 0 aromatic heterocycles. The van der Waals surface area contributed by atoms with Crippen molar-refractivity contribution in [3.8, 4) is 5.75 Å². The van der Waals surface area contributed by atoms with Crippen LogP contribution < -0.4 is 10.1 Å². The lowest BCUT2D eigenvalue weighted by Crippen LogP contribution is -2.33. The summed E-state index contributed by atoms with van der Waals surface area (Å²) in [6, 6.07) is 5.16. The predicted octanol–water partition coefficient (Wildman–Crippen LogP) is 3.63. The van der Waals surface area contributed by atoms with Crippen molar-refractivity contribution < 1.29 is 9.13 Å². The minimum atomic E-state index is -0.321. The Balaban J connectivity index is 2.70. The highest BCUT2D eigenvalue weighted by molar-refractivity contribution is 7.99. The molecule has 18 heavy (non-hydrogen) atoms. The number of hydrogen-bond acceptors (Lipinski definition) is 3. The van der Waals surface area contributed by atoms with Gasteiger partial charge in [0, 0.05) is 17.3 Å². The van der Waals surface area contributed by atoms with E-state index >= 15 is 0 Å². The molecule has 0 heterocycles. The summed E-state index contributed by atoms with van der Waals surface area (Å²) in [5.41, 5.74) is 1.03. The van der Waals surface area contributed by atoms with Crippen LogP contribution >= 0.6 is 11.8 Å². The number of nitrogens with one attached hydrogen (secondary N) is 1. The number of ether oxygens (including phenoxy) is 1. The van der Waals surface area contributed by atoms with Crippen molar-refractivity contribution in [1.29, 1.82) is 0 Å². The summed E-state index contributed by atoms with van der Waals surface area (Å²) < 4.78 is 18.5. The molecule has 4 heteroatoms. The largest absolute Gasteiger partial charge is 0.494 e. The summed E-state index contributed by atoms with van der Waals surface area (Å²) in [4.78, 5) is 0. The maximum Gasteiger partial charge on any atom is 0.165 e. The lowest BCUT2D eigenvalue weighted by molar-refractivity contribution is 0.385. The van der Waals surface area contributed by atoms with Gasteiger partial charge in [-0.1, -0.05) is 6.07 Å². The van der Waals surface area contributed by atoms with Gasteiger partial charge in [-0.05, 0) is 44.7 Å². The molecule has 0 amide bonds. The van der Waals surface area contributed by atoms with Crippen molar-refractivity contribution in [2.45, 2.75) is 31.6 Å². The zero-order valence-electron chi connectivity index (χ0n) is 11.7. The van der Waals surface area contributed by atoms with Crippen molar-refractivity contribution in [2.75, 3.05) is 19.9 Å². The first-order valence-electron chi connectivity index (χ1n) is 6.01. The maximum atomic E-state index is 13.3. The van der Waals surface area contributed by atoms with Crippen molar-refractivity contribution >= 4 is 11.8 Å². The van der Waals surface area contributed by atoms with Gasteiger partial charge in [0.15, 0.2) is 11.6 Å². The van der Waals surface area contributed by atoms with E-state index in [9.17, 15) is 4.39 Å². The minimum Gasteiger partial charge on any atom is -0.494 e. The molecule has 0 saturated heterocycles. The Labute approximate surface area is 113 Å². The average molecular weight is 271 g/mol. The van der Waals surface area contributed by atoms with Gasteiger partial charge in [0.25, 0.3) is 0 Å². The standard InChI is InChI=1S/C14H22FNOS/c1-10(16-9-14(2,3)18-5)11-6-7-12(15)13(8-11)17-4/h6-8,10,16H,9H2,1-5H3. The Morgan fingerprint density at radius 2 is 2.11 bits per heavy atom. The van der Waals surface area contributed by atoms with Crippen molar-refractivity contribution in [3.05, 3.63) is 29.6 Å². The summed E-state index contributed by atoms with van der Waals surface area (Å²) in [5.74, 6) is -0.0248. The SMILES string of the molecule is COc1cc(C(C)NCC(C)(C)SC)ccc1F. The Morgan fingerprint density at radius 3 is 2.67 bits per heavy atom. The van der Waals surface area contributed by atoms with Crippen LogP contribution in [-0.2, 0) is 0 Å². The van der Waals surface area contributed by atoms with Gasteiger partial charge in [0.05, 0.1) is 7.11 Å². The van der Waals surface area contributed by atoms with E-state index in [-0.39, 0.29) is 16.6 Å². The zero-order valence-corrected chi connectivity index (χ0v) is 12.5. The summed E-state index contributed by atoms with van der Waals surface area (Å²) in [6.45, 7) is 7.36. The molecule has 0 aliphatic heterocycles. The molecule has 1 atom stereocenters. The van der Waals surface area contributed by atoms with Crippen LogP contribution in [0.1, 0.15) is 32.4 Å². The molecule has 1 aromatic carbocycles. The van der Waals surface area contributed by atoms with E-state index in [1.54, 1.807) is 12.1 Å². The van der Waals surface area contributed by atoms with Gasteiger partial charge in [-0.3, -0.25) is 0 Å². The summed E-state index contributed by atoms with van der Waals surface area (Å²) in [5, 5.41) is 3.46. The van der Waals surface area contributed by atoms with E-state index in [1.165, 1.54) is 13.2 Å². The Kier molecular flexibility index (Phi) is 5.47. The monoisotopic (exact) mass is 271 g/mol. The van der Waals surface area contributed by atoms with Gasteiger partial charge in [-0.15, -0.1) is 0 Å². The summed E-state index contributed by atoms with van der Waals surface area (Å²) in [6.07, 6.45) is 2.10. The number of rotatable bonds is 6. The number of halogens is 1. The molecule has 0 saturated carbocycles.